The van der Waals surface area contributed by atoms with Crippen LogP contribution in [0.25, 0.3) is 10.7 Å². The lowest BCUT2D eigenvalue weighted by Gasteiger charge is -1.80. The van der Waals surface area contributed by atoms with Crippen LogP contribution >= 0.6 is 50.5 Å². The average molecular weight is 300 g/mol. The molecule has 0 aliphatic heterocycles. The van der Waals surface area contributed by atoms with Gasteiger partial charge in [0.2, 0.25) is 5.82 Å². The molecule has 0 saturated carbocycles. The molecule has 2 rings (SSSR count). The molecular weight excluding hydrogens is 299 g/mol. The minimum Gasteiger partial charge on any atom is -0.321 e. The summed E-state index contributed by atoms with van der Waals surface area (Å²) in [6, 6.07) is 1.81. The first-order valence-electron chi connectivity index (χ1n) is 3.11. The average Bonchev–Trinajstić information content (AvgIpc) is 2.61. The lowest BCUT2D eigenvalue weighted by atomic mass is 10.4. The summed E-state index contributed by atoms with van der Waals surface area (Å²) in [4.78, 5) is 4.67. The molecule has 0 amide bonds. The van der Waals surface area contributed by atoms with Gasteiger partial charge in [0.25, 0.3) is 0 Å². The second-order valence-electron chi connectivity index (χ2n) is 2.10. The third-order valence-electron chi connectivity index (χ3n) is 1.27. The molecule has 0 unspecified atom stereocenters. The summed E-state index contributed by atoms with van der Waals surface area (Å²) < 4.78 is 6.08. The van der Waals surface area contributed by atoms with Gasteiger partial charge >= 0.3 is 5.35 Å². The fraction of sp³-hybridized carbons (Fsp3) is 0. The van der Waals surface area contributed by atoms with Crippen molar-refractivity contribution in [1.29, 1.82) is 0 Å². The van der Waals surface area contributed by atoms with Gasteiger partial charge in [-0.3, -0.25) is 0 Å². The fourth-order valence-electron chi connectivity index (χ4n) is 0.762. The van der Waals surface area contributed by atoms with E-state index in [2.05, 4.69) is 30.6 Å². The van der Waals surface area contributed by atoms with Crippen LogP contribution in [-0.4, -0.2) is 10.1 Å². The Morgan fingerprint density at radius 2 is 2.23 bits per heavy atom. The molecule has 0 aliphatic carbocycles. The quantitative estimate of drug-likeness (QED) is 0.802. The number of hydrogen-bond donors (Lipinski definition) is 0. The van der Waals surface area contributed by atoms with Crippen LogP contribution in [0.2, 0.25) is 9.69 Å². The van der Waals surface area contributed by atoms with Gasteiger partial charge in [0.1, 0.15) is 4.34 Å². The maximum atomic E-state index is 5.84. The molecule has 0 bridgehead atoms. The molecule has 0 atom stereocenters. The van der Waals surface area contributed by atoms with Gasteiger partial charge in [-0.05, 0) is 33.6 Å². The van der Waals surface area contributed by atoms with Crippen molar-refractivity contribution in [3.8, 4) is 10.7 Å². The lowest BCUT2D eigenvalue weighted by molar-refractivity contribution is 0.421. The van der Waals surface area contributed by atoms with Crippen LogP contribution in [0.15, 0.2) is 15.1 Å². The Balaban J connectivity index is 2.46. The van der Waals surface area contributed by atoms with E-state index in [0.29, 0.717) is 10.2 Å². The van der Waals surface area contributed by atoms with Gasteiger partial charge in [-0.15, -0.1) is 11.3 Å². The van der Waals surface area contributed by atoms with Crippen LogP contribution in [0, 0.1) is 0 Å². The molecule has 0 saturated heterocycles. The molecule has 68 valence electrons. The highest BCUT2D eigenvalue weighted by molar-refractivity contribution is 9.10. The molecule has 0 aromatic carbocycles. The number of aromatic nitrogens is 2. The monoisotopic (exact) mass is 298 g/mol. The van der Waals surface area contributed by atoms with E-state index in [9.17, 15) is 0 Å². The number of thiophene rings is 1. The van der Waals surface area contributed by atoms with Crippen LogP contribution in [-0.2, 0) is 0 Å². The number of halogens is 3. The van der Waals surface area contributed by atoms with Crippen LogP contribution < -0.4 is 0 Å². The molecule has 13 heavy (non-hydrogen) atoms. The number of nitrogens with zero attached hydrogens (tertiary/aromatic N) is 2. The zero-order chi connectivity index (χ0) is 9.42. The maximum absolute atomic E-state index is 5.84. The molecule has 2 aromatic rings. The van der Waals surface area contributed by atoms with Crippen molar-refractivity contribution < 1.29 is 4.52 Å². The maximum Gasteiger partial charge on any atom is 0.320 e. The highest BCUT2D eigenvalue weighted by Crippen LogP contribution is 2.36. The van der Waals surface area contributed by atoms with E-state index in [0.717, 1.165) is 9.35 Å². The lowest BCUT2D eigenvalue weighted by Crippen LogP contribution is -1.72. The van der Waals surface area contributed by atoms with Gasteiger partial charge in [-0.2, -0.15) is 4.98 Å². The summed E-state index contributed by atoms with van der Waals surface area (Å²) in [6.07, 6.45) is 0. The van der Waals surface area contributed by atoms with Gasteiger partial charge in [-0.25, -0.2) is 0 Å². The highest BCUT2D eigenvalue weighted by Gasteiger charge is 2.11. The molecule has 0 spiro atoms. The molecule has 2 aromatic heterocycles. The number of hydrogen-bond acceptors (Lipinski definition) is 4. The van der Waals surface area contributed by atoms with Crippen LogP contribution in [0.4, 0.5) is 0 Å². The Labute approximate surface area is 95.8 Å². The Kier molecular flexibility index (Phi) is 2.60. The van der Waals surface area contributed by atoms with Gasteiger partial charge in [0.15, 0.2) is 0 Å². The molecule has 7 heteroatoms. The zero-order valence-corrected chi connectivity index (χ0v) is 9.84. The predicted octanol–water partition coefficient (Wildman–Crippen LogP) is 3.87. The standard InChI is InChI=1S/C6HBrCl2N2OS/c7-2-1-3(13-4(2)8)5-10-6(9)12-11-5/h1H. The smallest absolute Gasteiger partial charge is 0.320 e. The first-order valence-corrected chi connectivity index (χ1v) is 5.48. The third kappa shape index (κ3) is 1.88. The Morgan fingerprint density at radius 1 is 1.46 bits per heavy atom. The van der Waals surface area contributed by atoms with Crippen molar-refractivity contribution in [1.82, 2.24) is 10.1 Å². The van der Waals surface area contributed by atoms with E-state index in [-0.39, 0.29) is 5.35 Å². The topological polar surface area (TPSA) is 38.9 Å². The summed E-state index contributed by atoms with van der Waals surface area (Å²) in [5.41, 5.74) is 0. The normalized spacial score (nSPS) is 10.7. The van der Waals surface area contributed by atoms with E-state index < -0.39 is 0 Å². The SMILES string of the molecule is Clc1nc(-c2cc(Br)c(Cl)s2)no1. The van der Waals surface area contributed by atoms with Crippen molar-refractivity contribution in [2.45, 2.75) is 0 Å². The van der Waals surface area contributed by atoms with Gasteiger partial charge in [0.05, 0.1) is 4.88 Å². The summed E-state index contributed by atoms with van der Waals surface area (Å²) >= 11 is 16.0. The molecule has 0 fully saturated rings. The van der Waals surface area contributed by atoms with E-state index in [1.165, 1.54) is 11.3 Å². The van der Waals surface area contributed by atoms with Gasteiger partial charge in [-0.1, -0.05) is 16.8 Å². The molecule has 0 N–H and O–H groups in total. The first-order chi connectivity index (χ1) is 6.16. The van der Waals surface area contributed by atoms with E-state index in [1.54, 1.807) is 0 Å². The second kappa shape index (κ2) is 3.57. The fourth-order valence-corrected chi connectivity index (χ4v) is 2.50. The van der Waals surface area contributed by atoms with Crippen LogP contribution in [0.5, 0.6) is 0 Å². The largest absolute Gasteiger partial charge is 0.321 e. The molecule has 0 radical (unpaired) electrons. The highest BCUT2D eigenvalue weighted by atomic mass is 79.9. The first kappa shape index (κ1) is 9.45. The third-order valence-corrected chi connectivity index (χ3v) is 3.89. The summed E-state index contributed by atoms with van der Waals surface area (Å²) in [5, 5.41) is 3.68. The van der Waals surface area contributed by atoms with E-state index in [4.69, 9.17) is 23.2 Å². The summed E-state index contributed by atoms with van der Waals surface area (Å²) in [5.74, 6) is 0.447. The second-order valence-corrected chi connectivity index (χ2v) is 4.94. The molecule has 3 nitrogen and oxygen atoms in total. The zero-order valence-electron chi connectivity index (χ0n) is 5.92. The van der Waals surface area contributed by atoms with Crippen molar-refractivity contribution in [2.75, 3.05) is 0 Å². The van der Waals surface area contributed by atoms with Gasteiger partial charge < -0.3 is 4.52 Å². The van der Waals surface area contributed by atoms with Crippen LogP contribution in [0.1, 0.15) is 0 Å². The van der Waals surface area contributed by atoms with Crippen molar-refractivity contribution in [2.24, 2.45) is 0 Å². The summed E-state index contributed by atoms with van der Waals surface area (Å²) in [6.45, 7) is 0. The van der Waals surface area contributed by atoms with Gasteiger partial charge in [0, 0.05) is 4.47 Å². The number of rotatable bonds is 1. The van der Waals surface area contributed by atoms with E-state index >= 15 is 0 Å². The van der Waals surface area contributed by atoms with Crippen molar-refractivity contribution >= 4 is 50.5 Å². The molecule has 0 aliphatic rings. The van der Waals surface area contributed by atoms with E-state index in [1.807, 2.05) is 6.07 Å². The van der Waals surface area contributed by atoms with Crippen molar-refractivity contribution in [3.05, 3.63) is 20.2 Å². The minimum atomic E-state index is 0.0237. The molecular formula is C6HBrCl2N2OS. The Bertz CT molecular complexity index is 422. The Hall–Kier alpha value is -0.100. The summed E-state index contributed by atoms with van der Waals surface area (Å²) in [7, 11) is 0. The van der Waals surface area contributed by atoms with Crippen molar-refractivity contribution in [3.63, 3.8) is 0 Å². The van der Waals surface area contributed by atoms with Crippen LogP contribution in [0.3, 0.4) is 0 Å². The minimum absolute atomic E-state index is 0.0237. The predicted molar refractivity (Wildman–Crippen MR) is 55.3 cm³/mol. The Morgan fingerprint density at radius 3 is 2.69 bits per heavy atom. The molecule has 2 heterocycles.